The van der Waals surface area contributed by atoms with Gasteiger partial charge < -0.3 is 0 Å². The van der Waals surface area contributed by atoms with Crippen molar-refractivity contribution < 1.29 is 18.4 Å². The Kier molecular flexibility index (Phi) is 8.07. The highest BCUT2D eigenvalue weighted by atomic mass is 35.5. The van der Waals surface area contributed by atoms with Gasteiger partial charge in [-0.3, -0.25) is 30.2 Å². The van der Waals surface area contributed by atoms with Crippen LogP contribution < -0.4 is 10.9 Å². The number of nitrogens with zero attached hydrogens (tertiary/aromatic N) is 2. The number of hydrogen-bond donors (Lipinski definition) is 2. The zero-order valence-electron chi connectivity index (χ0n) is 18.9. The van der Waals surface area contributed by atoms with Gasteiger partial charge in [0, 0.05) is 26.2 Å². The van der Waals surface area contributed by atoms with E-state index < -0.39 is 5.91 Å². The van der Waals surface area contributed by atoms with Crippen LogP contribution in [0.25, 0.3) is 0 Å². The van der Waals surface area contributed by atoms with E-state index in [2.05, 4.69) is 15.8 Å². The molecule has 35 heavy (non-hydrogen) atoms. The summed E-state index contributed by atoms with van der Waals surface area (Å²) in [5.41, 5.74) is 6.91. The van der Waals surface area contributed by atoms with E-state index >= 15 is 0 Å². The molecule has 0 atom stereocenters. The molecule has 0 spiro atoms. The number of piperazine rings is 1. The maximum absolute atomic E-state index is 13.5. The minimum atomic E-state index is -0.491. The first kappa shape index (κ1) is 24.8. The van der Waals surface area contributed by atoms with Crippen LogP contribution in [0.2, 0.25) is 5.02 Å². The summed E-state index contributed by atoms with van der Waals surface area (Å²) in [4.78, 5) is 28.8. The Hall–Kier alpha value is -3.33. The molecule has 6 nitrogen and oxygen atoms in total. The van der Waals surface area contributed by atoms with Crippen molar-refractivity contribution in [3.63, 3.8) is 0 Å². The first-order valence-electron chi connectivity index (χ1n) is 11.2. The molecular weight excluding hydrogens is 474 g/mol. The summed E-state index contributed by atoms with van der Waals surface area (Å²) in [5, 5.41) is 0.298. The second kappa shape index (κ2) is 11.4. The SMILES string of the molecule is O=C(CN1CCN(C(c2ccc(F)cc2)c2ccc(F)cc2)CC1)NNC(=O)c1ccccc1Cl. The van der Waals surface area contributed by atoms with E-state index in [1.54, 1.807) is 48.5 Å². The topological polar surface area (TPSA) is 64.7 Å². The van der Waals surface area contributed by atoms with Gasteiger partial charge in [0.2, 0.25) is 0 Å². The van der Waals surface area contributed by atoms with Crippen LogP contribution in [0, 0.1) is 11.6 Å². The molecule has 0 bridgehead atoms. The van der Waals surface area contributed by atoms with Gasteiger partial charge in [0.1, 0.15) is 11.6 Å². The molecule has 2 amide bonds. The standard InChI is InChI=1S/C26H25ClF2N4O2/c27-23-4-2-1-3-22(23)26(35)31-30-24(34)17-32-13-15-33(16-14-32)25(18-5-9-20(28)10-6-18)19-7-11-21(29)12-8-19/h1-12,25H,13-17H2,(H,30,34)(H,31,35). The lowest BCUT2D eigenvalue weighted by atomic mass is 9.96. The molecule has 182 valence electrons. The largest absolute Gasteiger partial charge is 0.292 e. The fourth-order valence-corrected chi connectivity index (χ4v) is 4.39. The lowest BCUT2D eigenvalue weighted by Crippen LogP contribution is -2.52. The number of halogens is 3. The lowest BCUT2D eigenvalue weighted by Gasteiger charge is -2.39. The molecule has 3 aromatic rings. The van der Waals surface area contributed by atoms with E-state index in [9.17, 15) is 18.4 Å². The Balaban J connectivity index is 1.34. The summed E-state index contributed by atoms with van der Waals surface area (Å²) in [6, 6.07) is 19.1. The zero-order valence-corrected chi connectivity index (χ0v) is 19.6. The summed E-state index contributed by atoms with van der Waals surface area (Å²) in [5.74, 6) is -1.46. The first-order valence-corrected chi connectivity index (χ1v) is 11.6. The van der Waals surface area contributed by atoms with Crippen LogP contribution in [-0.4, -0.2) is 54.3 Å². The summed E-state index contributed by atoms with van der Waals surface area (Å²) >= 11 is 6.01. The van der Waals surface area contributed by atoms with Crippen molar-refractivity contribution >= 4 is 23.4 Å². The molecule has 4 rings (SSSR count). The van der Waals surface area contributed by atoms with Crippen LogP contribution in [0.1, 0.15) is 27.5 Å². The number of rotatable bonds is 6. The highest BCUT2D eigenvalue weighted by molar-refractivity contribution is 6.33. The van der Waals surface area contributed by atoms with Gasteiger partial charge in [-0.05, 0) is 47.5 Å². The number of hydrogen-bond acceptors (Lipinski definition) is 4. The monoisotopic (exact) mass is 498 g/mol. The molecule has 1 fully saturated rings. The average molecular weight is 499 g/mol. The molecule has 0 aromatic heterocycles. The molecule has 1 aliphatic heterocycles. The van der Waals surface area contributed by atoms with Crippen LogP contribution in [0.3, 0.4) is 0 Å². The van der Waals surface area contributed by atoms with Crippen molar-refractivity contribution in [2.24, 2.45) is 0 Å². The molecule has 3 aromatic carbocycles. The minimum absolute atomic E-state index is 0.119. The molecule has 0 radical (unpaired) electrons. The number of carbonyl (C=O) groups excluding carboxylic acids is 2. The molecule has 1 heterocycles. The fraction of sp³-hybridized carbons (Fsp3) is 0.231. The molecule has 2 N–H and O–H groups in total. The van der Waals surface area contributed by atoms with Gasteiger partial charge in [0.15, 0.2) is 0 Å². The Morgan fingerprint density at radius 1 is 0.800 bits per heavy atom. The number of amides is 2. The van der Waals surface area contributed by atoms with Crippen LogP contribution in [0.15, 0.2) is 72.8 Å². The maximum atomic E-state index is 13.5. The third-order valence-corrected chi connectivity index (χ3v) is 6.27. The smallest absolute Gasteiger partial charge is 0.271 e. The number of benzene rings is 3. The summed E-state index contributed by atoms with van der Waals surface area (Å²) < 4.78 is 27.0. The van der Waals surface area contributed by atoms with Gasteiger partial charge in [0.25, 0.3) is 11.8 Å². The van der Waals surface area contributed by atoms with Crippen molar-refractivity contribution in [2.75, 3.05) is 32.7 Å². The Morgan fingerprint density at radius 3 is 1.89 bits per heavy atom. The number of nitrogens with one attached hydrogen (secondary N) is 2. The molecule has 0 aliphatic carbocycles. The van der Waals surface area contributed by atoms with Crippen molar-refractivity contribution in [3.05, 3.63) is 106 Å². The van der Waals surface area contributed by atoms with Crippen LogP contribution in [0.5, 0.6) is 0 Å². The quantitative estimate of drug-likeness (QED) is 0.508. The van der Waals surface area contributed by atoms with Crippen LogP contribution in [-0.2, 0) is 4.79 Å². The Labute approximate surface area is 207 Å². The lowest BCUT2D eigenvalue weighted by molar-refractivity contribution is -0.123. The van der Waals surface area contributed by atoms with E-state index in [-0.39, 0.29) is 35.7 Å². The maximum Gasteiger partial charge on any atom is 0.271 e. The molecule has 0 saturated carbocycles. The molecule has 1 saturated heterocycles. The number of hydrazine groups is 1. The van der Waals surface area contributed by atoms with E-state index in [4.69, 9.17) is 11.6 Å². The minimum Gasteiger partial charge on any atom is -0.292 e. The van der Waals surface area contributed by atoms with Gasteiger partial charge in [-0.25, -0.2) is 8.78 Å². The Bertz CT molecular complexity index is 1120. The summed E-state index contributed by atoms with van der Waals surface area (Å²) in [6.45, 7) is 2.65. The van der Waals surface area contributed by atoms with Crippen molar-refractivity contribution in [3.8, 4) is 0 Å². The summed E-state index contributed by atoms with van der Waals surface area (Å²) in [6.07, 6.45) is 0. The van der Waals surface area contributed by atoms with Crippen molar-refractivity contribution in [2.45, 2.75) is 6.04 Å². The molecular formula is C26H25ClF2N4O2. The second-order valence-electron chi connectivity index (χ2n) is 8.30. The van der Waals surface area contributed by atoms with Gasteiger partial charge in [-0.15, -0.1) is 0 Å². The van der Waals surface area contributed by atoms with Gasteiger partial charge in [-0.1, -0.05) is 48.0 Å². The zero-order chi connectivity index (χ0) is 24.8. The second-order valence-corrected chi connectivity index (χ2v) is 8.71. The van der Waals surface area contributed by atoms with E-state index in [0.29, 0.717) is 31.2 Å². The highest BCUT2D eigenvalue weighted by Crippen LogP contribution is 2.30. The van der Waals surface area contributed by atoms with Crippen molar-refractivity contribution in [1.29, 1.82) is 0 Å². The van der Waals surface area contributed by atoms with Crippen LogP contribution >= 0.6 is 11.6 Å². The highest BCUT2D eigenvalue weighted by Gasteiger charge is 2.27. The van der Waals surface area contributed by atoms with E-state index in [1.807, 2.05) is 4.90 Å². The normalized spacial score (nSPS) is 14.6. The predicted octanol–water partition coefficient (Wildman–Crippen LogP) is 3.79. The molecule has 9 heteroatoms. The van der Waals surface area contributed by atoms with Gasteiger partial charge in [0.05, 0.1) is 23.2 Å². The summed E-state index contributed by atoms with van der Waals surface area (Å²) in [7, 11) is 0. The van der Waals surface area contributed by atoms with E-state index in [0.717, 1.165) is 11.1 Å². The average Bonchev–Trinajstić information content (AvgIpc) is 2.86. The third kappa shape index (κ3) is 6.42. The van der Waals surface area contributed by atoms with Crippen molar-refractivity contribution in [1.82, 2.24) is 20.7 Å². The molecule has 1 aliphatic rings. The first-order chi connectivity index (χ1) is 16.9. The molecule has 0 unspecified atom stereocenters. The van der Waals surface area contributed by atoms with E-state index in [1.165, 1.54) is 24.3 Å². The van der Waals surface area contributed by atoms with Gasteiger partial charge in [-0.2, -0.15) is 0 Å². The predicted molar refractivity (Wildman–Crippen MR) is 130 cm³/mol. The Morgan fingerprint density at radius 2 is 1.34 bits per heavy atom. The number of carbonyl (C=O) groups is 2. The fourth-order valence-electron chi connectivity index (χ4n) is 4.17. The third-order valence-electron chi connectivity index (χ3n) is 5.94. The van der Waals surface area contributed by atoms with Crippen LogP contribution in [0.4, 0.5) is 8.78 Å². The van der Waals surface area contributed by atoms with Gasteiger partial charge >= 0.3 is 0 Å².